The van der Waals surface area contributed by atoms with Crippen molar-refractivity contribution in [1.29, 1.82) is 0 Å². The summed E-state index contributed by atoms with van der Waals surface area (Å²) in [5, 5.41) is 0. The zero-order valence-corrected chi connectivity index (χ0v) is 9.03. The third-order valence-electron chi connectivity index (χ3n) is 2.00. The lowest BCUT2D eigenvalue weighted by Gasteiger charge is -2.04. The van der Waals surface area contributed by atoms with E-state index >= 15 is 0 Å². The number of benzene rings is 1. The summed E-state index contributed by atoms with van der Waals surface area (Å²) in [6.45, 7) is 2.40. The highest BCUT2D eigenvalue weighted by atomic mass is 16.6. The lowest BCUT2D eigenvalue weighted by atomic mass is 9.73. The smallest absolute Gasteiger partial charge is 0.331 e. The van der Waals surface area contributed by atoms with Crippen molar-refractivity contribution in [2.24, 2.45) is 0 Å². The Morgan fingerprint density at radius 3 is 2.93 bits per heavy atom. The van der Waals surface area contributed by atoms with Crippen molar-refractivity contribution in [1.82, 2.24) is 0 Å². The molecular weight excluding hydrogens is 191 g/mol. The van der Waals surface area contributed by atoms with Crippen molar-refractivity contribution in [2.75, 3.05) is 13.7 Å². The molecule has 0 heterocycles. The van der Waals surface area contributed by atoms with E-state index in [0.29, 0.717) is 6.61 Å². The quantitative estimate of drug-likeness (QED) is 0.525. The van der Waals surface area contributed by atoms with Gasteiger partial charge in [-0.1, -0.05) is 36.6 Å². The van der Waals surface area contributed by atoms with Gasteiger partial charge < -0.3 is 9.47 Å². The second-order valence-corrected chi connectivity index (χ2v) is 3.10. The first-order valence-electron chi connectivity index (χ1n) is 4.79. The second kappa shape index (κ2) is 6.25. The van der Waals surface area contributed by atoms with Crippen molar-refractivity contribution in [3.8, 4) is 0 Å². The molecule has 0 saturated carbocycles. The second-order valence-electron chi connectivity index (χ2n) is 3.10. The minimum absolute atomic E-state index is 0.00341. The Labute approximate surface area is 90.6 Å². The van der Waals surface area contributed by atoms with Crippen LogP contribution in [0.5, 0.6) is 0 Å². The van der Waals surface area contributed by atoms with Gasteiger partial charge in [0.15, 0.2) is 0 Å². The Balaban J connectivity index is 2.40. The van der Waals surface area contributed by atoms with Gasteiger partial charge in [0.25, 0.3) is 0 Å². The third-order valence-corrected chi connectivity index (χ3v) is 2.00. The summed E-state index contributed by atoms with van der Waals surface area (Å²) in [4.78, 5) is 10.8. The largest absolute Gasteiger partial charge is 0.467 e. The van der Waals surface area contributed by atoms with Gasteiger partial charge in [-0.2, -0.15) is 0 Å². The Morgan fingerprint density at radius 2 is 2.27 bits per heavy atom. The molecule has 0 amide bonds. The topological polar surface area (TPSA) is 35.5 Å². The summed E-state index contributed by atoms with van der Waals surface area (Å²) in [6.07, 6.45) is 0. The minimum atomic E-state index is -0.354. The molecule has 0 spiro atoms. The molecule has 0 aliphatic carbocycles. The van der Waals surface area contributed by atoms with E-state index in [0.717, 1.165) is 11.0 Å². The van der Waals surface area contributed by atoms with E-state index < -0.39 is 0 Å². The lowest BCUT2D eigenvalue weighted by molar-refractivity contribution is -0.146. The highest BCUT2D eigenvalue weighted by Crippen LogP contribution is 1.99. The highest BCUT2D eigenvalue weighted by molar-refractivity contribution is 6.51. The maximum Gasteiger partial charge on any atom is 0.331 e. The van der Waals surface area contributed by atoms with Crippen LogP contribution in [0.25, 0.3) is 0 Å². The lowest BCUT2D eigenvalue weighted by Crippen LogP contribution is -2.13. The van der Waals surface area contributed by atoms with Crippen LogP contribution in [-0.4, -0.2) is 27.0 Å². The Hall–Kier alpha value is -1.29. The van der Waals surface area contributed by atoms with Crippen LogP contribution < -0.4 is 5.46 Å². The molecule has 1 rings (SSSR count). The van der Waals surface area contributed by atoms with Crippen LogP contribution in [0.4, 0.5) is 0 Å². The SMILES string of the molecule is C[B]c1cccc(COCC(=O)OC)c1. The molecule has 1 radical (unpaired) electrons. The van der Waals surface area contributed by atoms with Gasteiger partial charge in [0.05, 0.1) is 13.7 Å². The van der Waals surface area contributed by atoms with Gasteiger partial charge in [0.1, 0.15) is 13.9 Å². The van der Waals surface area contributed by atoms with E-state index in [1.165, 1.54) is 7.11 Å². The molecule has 3 nitrogen and oxygen atoms in total. The van der Waals surface area contributed by atoms with Crippen molar-refractivity contribution < 1.29 is 14.3 Å². The number of hydrogen-bond acceptors (Lipinski definition) is 3. The number of rotatable bonds is 5. The van der Waals surface area contributed by atoms with Crippen molar-refractivity contribution in [3.63, 3.8) is 0 Å². The van der Waals surface area contributed by atoms with Crippen LogP contribution in [0.3, 0.4) is 0 Å². The van der Waals surface area contributed by atoms with Crippen LogP contribution in [-0.2, 0) is 20.9 Å². The molecule has 0 aromatic heterocycles. The monoisotopic (exact) mass is 205 g/mol. The first kappa shape index (κ1) is 11.8. The Kier molecular flexibility index (Phi) is 4.91. The van der Waals surface area contributed by atoms with Crippen molar-refractivity contribution in [3.05, 3.63) is 29.8 Å². The molecule has 0 fully saturated rings. The molecular formula is C11H14BO3. The molecule has 0 bridgehead atoms. The molecule has 79 valence electrons. The zero-order valence-electron chi connectivity index (χ0n) is 9.03. The molecule has 1 aromatic carbocycles. The predicted molar refractivity (Wildman–Crippen MR) is 59.4 cm³/mol. The number of carbonyl (C=O) groups excluding carboxylic acids is 1. The first-order valence-corrected chi connectivity index (χ1v) is 4.79. The van der Waals surface area contributed by atoms with Crippen molar-refractivity contribution in [2.45, 2.75) is 13.4 Å². The number of methoxy groups -OCH3 is 1. The zero-order chi connectivity index (χ0) is 11.1. The number of carbonyl (C=O) groups is 1. The number of hydrogen-bond donors (Lipinski definition) is 0. The first-order chi connectivity index (χ1) is 7.26. The normalized spacial score (nSPS) is 9.73. The predicted octanol–water partition coefficient (Wildman–Crippen LogP) is 0.754. The number of esters is 1. The molecule has 0 N–H and O–H groups in total. The molecule has 0 aliphatic rings. The average Bonchev–Trinajstić information content (AvgIpc) is 2.29. The van der Waals surface area contributed by atoms with Crippen LogP contribution in [0.15, 0.2) is 24.3 Å². The third kappa shape index (κ3) is 4.17. The highest BCUT2D eigenvalue weighted by Gasteiger charge is 2.00. The molecule has 15 heavy (non-hydrogen) atoms. The van der Waals surface area contributed by atoms with Gasteiger partial charge in [0, 0.05) is 0 Å². The van der Waals surface area contributed by atoms with Crippen LogP contribution in [0, 0.1) is 0 Å². The van der Waals surface area contributed by atoms with E-state index in [4.69, 9.17) is 4.74 Å². The molecule has 4 heteroatoms. The van der Waals surface area contributed by atoms with Crippen LogP contribution in [0.2, 0.25) is 6.82 Å². The summed E-state index contributed by atoms with van der Waals surface area (Å²) >= 11 is 0. The molecule has 0 saturated heterocycles. The van der Waals surface area contributed by atoms with Gasteiger partial charge in [-0.25, -0.2) is 4.79 Å². The van der Waals surface area contributed by atoms with E-state index in [-0.39, 0.29) is 12.6 Å². The molecule has 1 aromatic rings. The summed E-state index contributed by atoms with van der Waals surface area (Å²) < 4.78 is 9.65. The molecule has 0 aliphatic heterocycles. The summed E-state index contributed by atoms with van der Waals surface area (Å²) in [5.74, 6) is -0.354. The standard InChI is InChI=1S/C11H14BO3/c1-12-10-5-3-4-9(6-10)7-15-8-11(13)14-2/h3-6H,7-8H2,1-2H3. The fourth-order valence-corrected chi connectivity index (χ4v) is 1.17. The van der Waals surface area contributed by atoms with Gasteiger partial charge in [-0.05, 0) is 5.56 Å². The summed E-state index contributed by atoms with van der Waals surface area (Å²) in [7, 11) is 3.36. The summed E-state index contributed by atoms with van der Waals surface area (Å²) in [6, 6.07) is 7.97. The molecule has 0 unspecified atom stereocenters. The van der Waals surface area contributed by atoms with Gasteiger partial charge in [-0.3, -0.25) is 0 Å². The fraction of sp³-hybridized carbons (Fsp3) is 0.364. The summed E-state index contributed by atoms with van der Waals surface area (Å²) in [5.41, 5.74) is 2.20. The maximum atomic E-state index is 10.8. The van der Waals surface area contributed by atoms with E-state index in [9.17, 15) is 4.79 Å². The van der Waals surface area contributed by atoms with Gasteiger partial charge in [-0.15, -0.1) is 0 Å². The van der Waals surface area contributed by atoms with Crippen LogP contribution in [0.1, 0.15) is 5.56 Å². The van der Waals surface area contributed by atoms with E-state index in [1.54, 1.807) is 0 Å². The van der Waals surface area contributed by atoms with Gasteiger partial charge in [0.2, 0.25) is 0 Å². The Morgan fingerprint density at radius 1 is 1.47 bits per heavy atom. The fourth-order valence-electron chi connectivity index (χ4n) is 1.17. The average molecular weight is 205 g/mol. The van der Waals surface area contributed by atoms with Crippen molar-refractivity contribution >= 4 is 18.7 Å². The molecule has 0 atom stereocenters. The minimum Gasteiger partial charge on any atom is -0.467 e. The maximum absolute atomic E-state index is 10.8. The Bertz CT molecular complexity index is 325. The van der Waals surface area contributed by atoms with Gasteiger partial charge >= 0.3 is 5.97 Å². The van der Waals surface area contributed by atoms with E-state index in [1.807, 2.05) is 38.4 Å². The van der Waals surface area contributed by atoms with Crippen LogP contribution >= 0.6 is 0 Å². The number of ether oxygens (including phenoxy) is 2. The van der Waals surface area contributed by atoms with E-state index in [2.05, 4.69) is 4.74 Å².